The number of carbonyl (C=O) groups excluding carboxylic acids is 1. The van der Waals surface area contributed by atoms with E-state index in [2.05, 4.69) is 6.58 Å². The molecule has 0 bridgehead atoms. The zero-order valence-corrected chi connectivity index (χ0v) is 13.0. The van der Waals surface area contributed by atoms with E-state index in [1.54, 1.807) is 6.08 Å². The maximum absolute atomic E-state index is 13.4. The van der Waals surface area contributed by atoms with E-state index in [0.717, 1.165) is 17.4 Å². The Morgan fingerprint density at radius 3 is 2.50 bits per heavy atom. The molecule has 0 saturated carbocycles. The predicted molar refractivity (Wildman–Crippen MR) is 89.0 cm³/mol. The van der Waals surface area contributed by atoms with Gasteiger partial charge in [0.1, 0.15) is 12.0 Å². The molecule has 1 aliphatic rings. The van der Waals surface area contributed by atoms with E-state index in [1.807, 2.05) is 48.5 Å². The monoisotopic (exact) mass is 312 g/mol. The number of hydrogen-bond acceptors (Lipinski definition) is 3. The van der Waals surface area contributed by atoms with Crippen LogP contribution in [-0.4, -0.2) is 12.4 Å². The normalized spacial score (nSPS) is 20.2. The van der Waals surface area contributed by atoms with Gasteiger partial charge in [-0.05, 0) is 24.1 Å². The van der Waals surface area contributed by atoms with E-state index in [-0.39, 0.29) is 12.1 Å². The molecule has 0 radical (unpaired) electrons. The third-order valence-electron chi connectivity index (χ3n) is 3.83. The highest BCUT2D eigenvalue weighted by Crippen LogP contribution is 2.55. The molecule has 22 heavy (non-hydrogen) atoms. The summed E-state index contributed by atoms with van der Waals surface area (Å²) in [5, 5.41) is 0.699. The molecular weight excluding hydrogens is 295 g/mol. The van der Waals surface area contributed by atoms with Gasteiger partial charge < -0.3 is 9.32 Å². The van der Waals surface area contributed by atoms with E-state index >= 15 is 0 Å². The molecule has 1 aliphatic heterocycles. The predicted octanol–water partition coefficient (Wildman–Crippen LogP) is 4.04. The van der Waals surface area contributed by atoms with Crippen LogP contribution >= 0.6 is 7.37 Å². The minimum Gasteiger partial charge on any atom is -0.439 e. The van der Waals surface area contributed by atoms with Crippen molar-refractivity contribution in [1.29, 1.82) is 0 Å². The van der Waals surface area contributed by atoms with Crippen molar-refractivity contribution in [3.63, 3.8) is 0 Å². The summed E-state index contributed by atoms with van der Waals surface area (Å²) in [6.45, 7) is 3.66. The lowest BCUT2D eigenvalue weighted by Gasteiger charge is -2.29. The molecular formula is C18H17O3P. The van der Waals surface area contributed by atoms with Crippen LogP contribution in [0.5, 0.6) is 5.75 Å². The fraction of sp³-hybridized carbons (Fsp3) is 0.167. The zero-order chi connectivity index (χ0) is 15.6. The van der Waals surface area contributed by atoms with Crippen molar-refractivity contribution in [3.8, 4) is 16.9 Å². The minimum atomic E-state index is -3.12. The quantitative estimate of drug-likeness (QED) is 0.475. The lowest BCUT2D eigenvalue weighted by molar-refractivity contribution is -0.110. The molecule has 2 unspecified atom stereocenters. The smallest absolute Gasteiger partial charge is 0.278 e. The van der Waals surface area contributed by atoms with Gasteiger partial charge in [0.2, 0.25) is 0 Å². The fourth-order valence-corrected chi connectivity index (χ4v) is 5.38. The Morgan fingerprint density at radius 1 is 1.09 bits per heavy atom. The average molecular weight is 312 g/mol. The third-order valence-corrected chi connectivity index (χ3v) is 6.40. The van der Waals surface area contributed by atoms with Crippen LogP contribution in [0.3, 0.4) is 0 Å². The summed E-state index contributed by atoms with van der Waals surface area (Å²) < 4.78 is 19.3. The number of allylic oxidation sites excluding steroid dienone is 1. The van der Waals surface area contributed by atoms with Crippen molar-refractivity contribution in [1.82, 2.24) is 0 Å². The Morgan fingerprint density at radius 2 is 1.77 bits per heavy atom. The summed E-state index contributed by atoms with van der Waals surface area (Å²) in [5.74, 6) is 0.273. The third kappa shape index (κ3) is 2.53. The molecule has 3 nitrogen and oxygen atoms in total. The lowest BCUT2D eigenvalue weighted by Crippen LogP contribution is -2.23. The van der Waals surface area contributed by atoms with Gasteiger partial charge in [-0.3, -0.25) is 4.57 Å². The Balaban J connectivity index is 2.09. The second kappa shape index (κ2) is 5.94. The number of carbonyl (C=O) groups is 1. The molecule has 2 aromatic rings. The first-order valence-corrected chi connectivity index (χ1v) is 9.03. The van der Waals surface area contributed by atoms with Crippen molar-refractivity contribution in [2.24, 2.45) is 5.92 Å². The number of benzene rings is 2. The standard InChI is InChI=1S/C18H17O3P/c1-2-7-14(12-19)13-22(20)18-11-6-4-9-16(18)15-8-3-5-10-17(15)21-22/h2-6,8-12,14H,1,7,13H2. The highest BCUT2D eigenvalue weighted by Gasteiger charge is 2.37. The van der Waals surface area contributed by atoms with Crippen LogP contribution in [0, 0.1) is 5.92 Å². The van der Waals surface area contributed by atoms with Crippen molar-refractivity contribution >= 4 is 19.0 Å². The molecule has 0 N–H and O–H groups in total. The fourth-order valence-electron chi connectivity index (χ4n) is 2.81. The average Bonchev–Trinajstić information content (AvgIpc) is 2.55. The minimum absolute atomic E-state index is 0.202. The summed E-state index contributed by atoms with van der Waals surface area (Å²) in [7, 11) is -3.12. The van der Waals surface area contributed by atoms with Gasteiger partial charge in [0, 0.05) is 17.6 Å². The largest absolute Gasteiger partial charge is 0.439 e. The second-order valence-corrected chi connectivity index (χ2v) is 7.76. The van der Waals surface area contributed by atoms with E-state index in [0.29, 0.717) is 17.5 Å². The van der Waals surface area contributed by atoms with E-state index in [1.165, 1.54) is 0 Å². The molecule has 4 heteroatoms. The van der Waals surface area contributed by atoms with Gasteiger partial charge in [-0.25, -0.2) is 0 Å². The number of hydrogen-bond donors (Lipinski definition) is 0. The van der Waals surface area contributed by atoms with Crippen LogP contribution < -0.4 is 9.83 Å². The molecule has 0 saturated heterocycles. The van der Waals surface area contributed by atoms with Gasteiger partial charge in [0.05, 0.1) is 5.30 Å². The van der Waals surface area contributed by atoms with Crippen molar-refractivity contribution in [3.05, 3.63) is 61.2 Å². The van der Waals surface area contributed by atoms with Crippen LogP contribution in [0.1, 0.15) is 6.42 Å². The first-order valence-electron chi connectivity index (χ1n) is 7.22. The Hall–Kier alpha value is -2.12. The van der Waals surface area contributed by atoms with E-state index in [4.69, 9.17) is 4.52 Å². The molecule has 2 atom stereocenters. The molecule has 112 valence electrons. The molecule has 3 rings (SSSR count). The topological polar surface area (TPSA) is 43.4 Å². The molecule has 2 aromatic carbocycles. The van der Waals surface area contributed by atoms with Crippen LogP contribution in [0.15, 0.2) is 61.2 Å². The number of para-hydroxylation sites is 1. The van der Waals surface area contributed by atoms with Gasteiger partial charge in [-0.2, -0.15) is 0 Å². The van der Waals surface area contributed by atoms with Crippen LogP contribution in [-0.2, 0) is 9.36 Å². The molecule has 0 aromatic heterocycles. The molecule has 0 amide bonds. The van der Waals surface area contributed by atoms with Gasteiger partial charge >= 0.3 is 0 Å². The van der Waals surface area contributed by atoms with Crippen molar-refractivity contribution in [2.45, 2.75) is 6.42 Å². The first kappa shape index (κ1) is 14.8. The van der Waals surface area contributed by atoms with Gasteiger partial charge in [-0.1, -0.05) is 42.5 Å². The highest BCUT2D eigenvalue weighted by atomic mass is 31.2. The maximum Gasteiger partial charge on any atom is 0.278 e. The molecule has 0 aliphatic carbocycles. The molecule has 1 heterocycles. The van der Waals surface area contributed by atoms with Gasteiger partial charge in [0.25, 0.3) is 7.37 Å². The number of fused-ring (bicyclic) bond motifs is 3. The summed E-state index contributed by atoms with van der Waals surface area (Å²) in [4.78, 5) is 11.2. The van der Waals surface area contributed by atoms with Crippen molar-refractivity contribution in [2.75, 3.05) is 6.16 Å². The summed E-state index contributed by atoms with van der Waals surface area (Å²) in [5.41, 5.74) is 1.87. The number of aldehydes is 1. The Kier molecular flexibility index (Phi) is 4.00. The van der Waals surface area contributed by atoms with E-state index < -0.39 is 7.37 Å². The molecule has 0 fully saturated rings. The van der Waals surface area contributed by atoms with Crippen LogP contribution in [0.25, 0.3) is 11.1 Å². The summed E-state index contributed by atoms with van der Waals surface area (Å²) in [6.07, 6.45) is 3.22. The summed E-state index contributed by atoms with van der Waals surface area (Å²) >= 11 is 0. The van der Waals surface area contributed by atoms with Crippen LogP contribution in [0.2, 0.25) is 0 Å². The van der Waals surface area contributed by atoms with Crippen molar-refractivity contribution < 1.29 is 13.9 Å². The first-order chi connectivity index (χ1) is 10.7. The zero-order valence-electron chi connectivity index (χ0n) is 12.1. The maximum atomic E-state index is 13.4. The van der Waals surface area contributed by atoms with Crippen LogP contribution in [0.4, 0.5) is 0 Å². The highest BCUT2D eigenvalue weighted by molar-refractivity contribution is 7.67. The van der Waals surface area contributed by atoms with Gasteiger partial charge in [0.15, 0.2) is 0 Å². The second-order valence-electron chi connectivity index (χ2n) is 5.38. The Bertz CT molecular complexity index is 766. The van der Waals surface area contributed by atoms with Gasteiger partial charge in [-0.15, -0.1) is 6.58 Å². The lowest BCUT2D eigenvalue weighted by atomic mass is 10.0. The molecule has 0 spiro atoms. The SMILES string of the molecule is C=CCC(C=O)CP1(=O)Oc2ccccc2-c2ccccc21. The summed E-state index contributed by atoms with van der Waals surface area (Å²) in [6, 6.07) is 15.1. The number of rotatable bonds is 5. The van der Waals surface area contributed by atoms with E-state index in [9.17, 15) is 9.36 Å². The Labute approximate surface area is 130 Å².